The molecular formula is C22H18ClNO5. The monoisotopic (exact) mass is 411 g/mol. The Morgan fingerprint density at radius 3 is 2.45 bits per heavy atom. The lowest BCUT2D eigenvalue weighted by Crippen LogP contribution is -2.16. The van der Waals surface area contributed by atoms with Crippen molar-refractivity contribution < 1.29 is 23.9 Å². The second kappa shape index (κ2) is 8.75. The van der Waals surface area contributed by atoms with E-state index in [1.165, 1.54) is 26.2 Å². The number of rotatable bonds is 6. The Kier molecular flexibility index (Phi) is 6.14. The summed E-state index contributed by atoms with van der Waals surface area (Å²) in [7, 11) is 1.37. The van der Waals surface area contributed by atoms with Crippen molar-refractivity contribution in [2.45, 2.75) is 6.92 Å². The molecule has 0 aliphatic rings. The zero-order valence-electron chi connectivity index (χ0n) is 15.8. The van der Waals surface area contributed by atoms with Gasteiger partial charge in [0, 0.05) is 18.6 Å². The summed E-state index contributed by atoms with van der Waals surface area (Å²) in [6.07, 6.45) is 0. The molecular weight excluding hydrogens is 394 g/mol. The van der Waals surface area contributed by atoms with Crippen LogP contribution in [0.25, 0.3) is 10.8 Å². The van der Waals surface area contributed by atoms with Gasteiger partial charge in [-0.3, -0.25) is 9.59 Å². The predicted molar refractivity (Wildman–Crippen MR) is 111 cm³/mol. The first-order valence-corrected chi connectivity index (χ1v) is 9.11. The number of amides is 1. The summed E-state index contributed by atoms with van der Waals surface area (Å²) in [4.78, 5) is 36.4. The van der Waals surface area contributed by atoms with E-state index in [-0.39, 0.29) is 28.0 Å². The number of anilines is 1. The summed E-state index contributed by atoms with van der Waals surface area (Å²) in [5.74, 6) is -1.23. The van der Waals surface area contributed by atoms with Crippen molar-refractivity contribution in [2.75, 3.05) is 19.0 Å². The molecule has 3 aromatic rings. The first-order valence-electron chi connectivity index (χ1n) is 8.74. The summed E-state index contributed by atoms with van der Waals surface area (Å²) in [5.41, 5.74) is 0.832. The Bertz CT molecular complexity index is 1100. The molecule has 0 aliphatic carbocycles. The molecule has 6 nitrogen and oxygen atoms in total. The smallest absolute Gasteiger partial charge is 0.342 e. The minimum Gasteiger partial charge on any atom is -0.496 e. The Hall–Kier alpha value is -3.38. The van der Waals surface area contributed by atoms with Crippen molar-refractivity contribution in [1.82, 2.24) is 0 Å². The largest absolute Gasteiger partial charge is 0.496 e. The van der Waals surface area contributed by atoms with Crippen LogP contribution >= 0.6 is 11.6 Å². The van der Waals surface area contributed by atoms with Gasteiger partial charge in [0.15, 0.2) is 6.61 Å². The third-order valence-corrected chi connectivity index (χ3v) is 4.56. The SMILES string of the molecule is COc1cc(NC(C)=O)c(Cl)cc1C(=O)OCC(=O)c1cccc2ccccc12. The number of carbonyl (C=O) groups is 3. The summed E-state index contributed by atoms with van der Waals surface area (Å²) >= 11 is 6.13. The predicted octanol–water partition coefficient (Wildman–Crippen LogP) is 4.50. The van der Waals surface area contributed by atoms with Crippen LogP contribution in [0.2, 0.25) is 5.02 Å². The lowest BCUT2D eigenvalue weighted by molar-refractivity contribution is -0.114. The van der Waals surface area contributed by atoms with Crippen LogP contribution in [0.15, 0.2) is 54.6 Å². The van der Waals surface area contributed by atoms with E-state index in [1.807, 2.05) is 30.3 Å². The Morgan fingerprint density at radius 2 is 1.72 bits per heavy atom. The van der Waals surface area contributed by atoms with Gasteiger partial charge in [0.25, 0.3) is 0 Å². The van der Waals surface area contributed by atoms with Crippen LogP contribution in [-0.2, 0) is 9.53 Å². The number of halogens is 1. The molecule has 0 heterocycles. The third-order valence-electron chi connectivity index (χ3n) is 4.24. The fourth-order valence-corrected chi connectivity index (χ4v) is 3.13. The Labute approximate surface area is 172 Å². The lowest BCUT2D eigenvalue weighted by atomic mass is 10.0. The number of benzene rings is 3. The average molecular weight is 412 g/mol. The van der Waals surface area contributed by atoms with Crippen molar-refractivity contribution in [3.05, 3.63) is 70.7 Å². The second-order valence-electron chi connectivity index (χ2n) is 6.24. The molecule has 1 amide bonds. The number of hydrogen-bond donors (Lipinski definition) is 1. The molecule has 7 heteroatoms. The summed E-state index contributed by atoms with van der Waals surface area (Å²) in [6.45, 7) is 0.908. The topological polar surface area (TPSA) is 81.7 Å². The standard InChI is InChI=1S/C22H18ClNO5/c1-13(25)24-19-11-21(28-2)17(10-18(19)23)22(27)29-12-20(26)16-9-5-7-14-6-3-4-8-15(14)16/h3-11H,12H2,1-2H3,(H,24,25). The van der Waals surface area contributed by atoms with Gasteiger partial charge in [-0.1, -0.05) is 54.1 Å². The number of ether oxygens (including phenoxy) is 2. The quantitative estimate of drug-likeness (QED) is 0.477. The van der Waals surface area contributed by atoms with Gasteiger partial charge < -0.3 is 14.8 Å². The zero-order chi connectivity index (χ0) is 21.0. The molecule has 0 aromatic heterocycles. The van der Waals surface area contributed by atoms with E-state index in [0.717, 1.165) is 10.8 Å². The normalized spacial score (nSPS) is 10.4. The fraction of sp³-hybridized carbons (Fsp3) is 0.136. The maximum absolute atomic E-state index is 12.6. The van der Waals surface area contributed by atoms with Crippen molar-refractivity contribution in [3.8, 4) is 5.75 Å². The molecule has 29 heavy (non-hydrogen) atoms. The van der Waals surface area contributed by atoms with E-state index in [4.69, 9.17) is 21.1 Å². The molecule has 3 aromatic carbocycles. The van der Waals surface area contributed by atoms with Gasteiger partial charge in [-0.05, 0) is 16.8 Å². The number of ketones is 1. The second-order valence-corrected chi connectivity index (χ2v) is 6.65. The van der Waals surface area contributed by atoms with Crippen LogP contribution in [0.3, 0.4) is 0 Å². The average Bonchev–Trinajstić information content (AvgIpc) is 2.72. The number of carbonyl (C=O) groups excluding carboxylic acids is 3. The van der Waals surface area contributed by atoms with Crippen LogP contribution in [0.1, 0.15) is 27.6 Å². The van der Waals surface area contributed by atoms with Crippen LogP contribution in [-0.4, -0.2) is 31.4 Å². The molecule has 0 saturated carbocycles. The first-order chi connectivity index (χ1) is 13.9. The molecule has 0 bridgehead atoms. The first kappa shape index (κ1) is 20.4. The summed E-state index contributed by atoms with van der Waals surface area (Å²) in [5, 5.41) is 4.40. The van der Waals surface area contributed by atoms with Crippen LogP contribution < -0.4 is 10.1 Å². The van der Waals surface area contributed by atoms with E-state index in [2.05, 4.69) is 5.32 Å². The number of esters is 1. The minimum absolute atomic E-state index is 0.0531. The fourth-order valence-electron chi connectivity index (χ4n) is 2.92. The molecule has 1 N–H and O–H groups in total. The highest BCUT2D eigenvalue weighted by Gasteiger charge is 2.20. The van der Waals surface area contributed by atoms with Gasteiger partial charge in [-0.2, -0.15) is 0 Å². The van der Waals surface area contributed by atoms with Gasteiger partial charge in [0.1, 0.15) is 11.3 Å². The van der Waals surface area contributed by atoms with Crippen LogP contribution in [0.4, 0.5) is 5.69 Å². The van der Waals surface area contributed by atoms with Gasteiger partial charge >= 0.3 is 5.97 Å². The van der Waals surface area contributed by atoms with Gasteiger partial charge in [0.05, 0.1) is 17.8 Å². The zero-order valence-corrected chi connectivity index (χ0v) is 16.6. The maximum atomic E-state index is 12.6. The van der Waals surface area contributed by atoms with E-state index < -0.39 is 12.6 Å². The highest BCUT2D eigenvalue weighted by Crippen LogP contribution is 2.31. The number of nitrogens with one attached hydrogen (secondary N) is 1. The Morgan fingerprint density at radius 1 is 1.00 bits per heavy atom. The van der Waals surface area contributed by atoms with Gasteiger partial charge in [-0.25, -0.2) is 4.79 Å². The molecule has 0 fully saturated rings. The number of Topliss-reactive ketones (excluding diaryl/α,β-unsaturated/α-hetero) is 1. The van der Waals surface area contributed by atoms with Crippen LogP contribution in [0, 0.1) is 0 Å². The summed E-state index contributed by atoms with van der Waals surface area (Å²) in [6, 6.07) is 15.6. The van der Waals surface area contributed by atoms with Crippen molar-refractivity contribution in [2.24, 2.45) is 0 Å². The lowest BCUT2D eigenvalue weighted by Gasteiger charge is -2.13. The number of methoxy groups -OCH3 is 1. The molecule has 0 atom stereocenters. The minimum atomic E-state index is -0.758. The number of hydrogen-bond acceptors (Lipinski definition) is 5. The van der Waals surface area contributed by atoms with Crippen molar-refractivity contribution in [1.29, 1.82) is 0 Å². The summed E-state index contributed by atoms with van der Waals surface area (Å²) < 4.78 is 10.4. The van der Waals surface area contributed by atoms with E-state index in [1.54, 1.807) is 12.1 Å². The van der Waals surface area contributed by atoms with E-state index in [0.29, 0.717) is 11.3 Å². The molecule has 0 radical (unpaired) electrons. The number of fused-ring (bicyclic) bond motifs is 1. The molecule has 0 aliphatic heterocycles. The van der Waals surface area contributed by atoms with E-state index in [9.17, 15) is 14.4 Å². The van der Waals surface area contributed by atoms with Crippen molar-refractivity contribution in [3.63, 3.8) is 0 Å². The molecule has 3 rings (SSSR count). The highest BCUT2D eigenvalue weighted by atomic mass is 35.5. The molecule has 0 unspecified atom stereocenters. The van der Waals surface area contributed by atoms with Crippen LogP contribution in [0.5, 0.6) is 5.75 Å². The maximum Gasteiger partial charge on any atom is 0.342 e. The Balaban J connectivity index is 1.79. The highest BCUT2D eigenvalue weighted by molar-refractivity contribution is 6.34. The third kappa shape index (κ3) is 4.55. The van der Waals surface area contributed by atoms with Crippen molar-refractivity contribution >= 4 is 45.7 Å². The van der Waals surface area contributed by atoms with Gasteiger partial charge in [-0.15, -0.1) is 0 Å². The molecule has 148 valence electrons. The van der Waals surface area contributed by atoms with E-state index >= 15 is 0 Å². The molecule has 0 saturated heterocycles. The molecule has 0 spiro atoms. The van der Waals surface area contributed by atoms with Gasteiger partial charge in [0.2, 0.25) is 11.7 Å².